The quantitative estimate of drug-likeness (QED) is 0.229. The molecule has 3 aromatic carbocycles. The van der Waals surface area contributed by atoms with Crippen molar-refractivity contribution in [3.8, 4) is 23.7 Å². The van der Waals surface area contributed by atoms with Crippen molar-refractivity contribution < 1.29 is 19.2 Å². The first-order valence-corrected chi connectivity index (χ1v) is 11.5. The summed E-state index contributed by atoms with van der Waals surface area (Å²) in [5.41, 5.74) is 14.3. The Hall–Kier alpha value is -5.34. The highest BCUT2D eigenvalue weighted by Gasteiger charge is 2.15. The van der Waals surface area contributed by atoms with Crippen LogP contribution < -0.4 is 11.5 Å². The Balaban J connectivity index is 1.67. The molecule has 190 valence electrons. The van der Waals surface area contributed by atoms with E-state index in [0.717, 1.165) is 11.1 Å². The first-order chi connectivity index (χ1) is 18.1. The number of anilines is 2. The number of nitrogens with two attached hydrogens (primary N) is 2. The fraction of sp³-hybridized carbons (Fsp3) is 0.133. The van der Waals surface area contributed by atoms with E-state index >= 15 is 0 Å². The van der Waals surface area contributed by atoms with Crippen LogP contribution in [0.2, 0.25) is 0 Å². The predicted octanol–water partition coefficient (Wildman–Crippen LogP) is 2.54. The molecule has 0 unspecified atom stereocenters. The lowest BCUT2D eigenvalue weighted by molar-refractivity contribution is -0.125. The van der Waals surface area contributed by atoms with E-state index in [4.69, 9.17) is 11.5 Å². The first kappa shape index (κ1) is 27.3. The van der Waals surface area contributed by atoms with Gasteiger partial charge in [-0.3, -0.25) is 19.2 Å². The van der Waals surface area contributed by atoms with Crippen LogP contribution in [0.3, 0.4) is 0 Å². The van der Waals surface area contributed by atoms with Gasteiger partial charge < -0.3 is 21.3 Å². The van der Waals surface area contributed by atoms with E-state index < -0.39 is 23.4 Å². The number of hydrogen-bond acceptors (Lipinski definition) is 6. The van der Waals surface area contributed by atoms with Crippen molar-refractivity contribution in [3.05, 3.63) is 95.1 Å². The topological polar surface area (TPSA) is 127 Å². The summed E-state index contributed by atoms with van der Waals surface area (Å²) >= 11 is 0. The molecule has 0 bridgehead atoms. The van der Waals surface area contributed by atoms with Gasteiger partial charge >= 0.3 is 0 Å². The van der Waals surface area contributed by atoms with Crippen LogP contribution in [-0.2, 0) is 22.7 Å². The molecule has 3 rings (SSSR count). The Morgan fingerprint density at radius 3 is 1.26 bits per heavy atom. The van der Waals surface area contributed by atoms with Crippen molar-refractivity contribution in [2.75, 3.05) is 25.6 Å². The summed E-state index contributed by atoms with van der Waals surface area (Å²) in [6, 6.07) is 20.1. The second-order valence-corrected chi connectivity index (χ2v) is 8.51. The number of carbonyl (C=O) groups excluding carboxylic acids is 4. The Morgan fingerprint density at radius 1 is 0.579 bits per heavy atom. The van der Waals surface area contributed by atoms with Gasteiger partial charge in [-0.15, -0.1) is 0 Å². The Labute approximate surface area is 221 Å². The number of amides is 2. The van der Waals surface area contributed by atoms with Crippen molar-refractivity contribution in [3.63, 3.8) is 0 Å². The summed E-state index contributed by atoms with van der Waals surface area (Å²) in [4.78, 5) is 53.0. The van der Waals surface area contributed by atoms with Crippen LogP contribution in [0.1, 0.15) is 31.8 Å². The van der Waals surface area contributed by atoms with Gasteiger partial charge in [-0.2, -0.15) is 0 Å². The second-order valence-electron chi connectivity index (χ2n) is 8.51. The maximum atomic E-state index is 12.7. The fourth-order valence-electron chi connectivity index (χ4n) is 3.36. The molecule has 0 aliphatic heterocycles. The summed E-state index contributed by atoms with van der Waals surface area (Å²) in [5.74, 6) is 6.69. The fourth-order valence-corrected chi connectivity index (χ4v) is 3.36. The van der Waals surface area contributed by atoms with Gasteiger partial charge in [-0.1, -0.05) is 36.4 Å². The molecule has 8 nitrogen and oxygen atoms in total. The van der Waals surface area contributed by atoms with Gasteiger partial charge in [-0.05, 0) is 59.4 Å². The molecule has 2 amide bonds. The number of Topliss-reactive ketones (excluding diaryl/α,β-unsaturated/α-hetero) is 2. The van der Waals surface area contributed by atoms with Crippen LogP contribution in [0.5, 0.6) is 0 Å². The molecule has 0 saturated carbocycles. The van der Waals surface area contributed by atoms with Gasteiger partial charge in [0.15, 0.2) is 0 Å². The van der Waals surface area contributed by atoms with Crippen molar-refractivity contribution >= 4 is 34.8 Å². The minimum atomic E-state index is -0.711. The number of rotatable bonds is 6. The monoisotopic (exact) mass is 506 g/mol. The van der Waals surface area contributed by atoms with Crippen LogP contribution in [0.4, 0.5) is 11.4 Å². The molecule has 3 aromatic rings. The molecule has 0 heterocycles. The molecular formula is C30H26N4O4. The summed E-state index contributed by atoms with van der Waals surface area (Å²) in [6.45, 7) is 0.570. The van der Waals surface area contributed by atoms with Crippen molar-refractivity contribution in [2.24, 2.45) is 0 Å². The minimum Gasteiger partial charge on any atom is -0.399 e. The van der Waals surface area contributed by atoms with Gasteiger partial charge in [-0.25, -0.2) is 0 Å². The lowest BCUT2D eigenvalue weighted by atomic mass is 10.0. The molecule has 38 heavy (non-hydrogen) atoms. The second kappa shape index (κ2) is 12.6. The lowest BCUT2D eigenvalue weighted by Gasteiger charge is -2.13. The van der Waals surface area contributed by atoms with Crippen LogP contribution in [0, 0.1) is 23.7 Å². The summed E-state index contributed by atoms with van der Waals surface area (Å²) in [5, 5.41) is 0. The zero-order valence-corrected chi connectivity index (χ0v) is 21.0. The smallest absolute Gasteiger partial charge is 0.298 e. The molecule has 0 aliphatic carbocycles. The molecule has 0 aliphatic rings. The average molecular weight is 507 g/mol. The predicted molar refractivity (Wildman–Crippen MR) is 145 cm³/mol. The molecule has 0 aromatic heterocycles. The van der Waals surface area contributed by atoms with Crippen LogP contribution in [0.15, 0.2) is 72.8 Å². The Bertz CT molecular complexity index is 1370. The largest absolute Gasteiger partial charge is 0.399 e. The highest BCUT2D eigenvalue weighted by molar-refractivity contribution is 6.21. The highest BCUT2D eigenvalue weighted by Crippen LogP contribution is 2.11. The van der Waals surface area contributed by atoms with Crippen LogP contribution in [-0.4, -0.2) is 47.3 Å². The molecule has 0 radical (unpaired) electrons. The number of ketones is 2. The normalized spacial score (nSPS) is 9.74. The molecule has 0 spiro atoms. The zero-order chi connectivity index (χ0) is 27.7. The Morgan fingerprint density at radius 2 is 0.921 bits per heavy atom. The maximum absolute atomic E-state index is 12.7. The van der Waals surface area contributed by atoms with E-state index in [-0.39, 0.29) is 24.2 Å². The number of nitrogens with zero attached hydrogens (tertiary/aromatic N) is 2. The maximum Gasteiger partial charge on any atom is 0.298 e. The number of nitrogen functional groups attached to an aromatic ring is 2. The minimum absolute atomic E-state index is 0.00374. The van der Waals surface area contributed by atoms with Gasteiger partial charge in [0.25, 0.3) is 11.8 Å². The highest BCUT2D eigenvalue weighted by atomic mass is 16.2. The van der Waals surface area contributed by atoms with E-state index in [1.165, 1.54) is 21.9 Å². The van der Waals surface area contributed by atoms with E-state index in [0.29, 0.717) is 11.4 Å². The summed E-state index contributed by atoms with van der Waals surface area (Å²) in [6.07, 6.45) is 0. The number of hydrogen-bond donors (Lipinski definition) is 2. The molecule has 0 atom stereocenters. The Kier molecular flexibility index (Phi) is 9.01. The third-order valence-corrected chi connectivity index (χ3v) is 5.47. The van der Waals surface area contributed by atoms with E-state index in [1.807, 2.05) is 0 Å². The SMILES string of the molecule is CN(Cc1ccc(N)cc1)C(=O)C#CC(=O)c1ccccc1C(=O)C#CC(=O)N(C)Cc1ccc(N)cc1. The number of benzene rings is 3. The van der Waals surface area contributed by atoms with E-state index in [2.05, 4.69) is 23.7 Å². The van der Waals surface area contributed by atoms with Crippen LogP contribution in [0.25, 0.3) is 0 Å². The van der Waals surface area contributed by atoms with Crippen molar-refractivity contribution in [1.29, 1.82) is 0 Å². The standard InChI is InChI=1S/C30H26N4O4/c1-33(19-21-7-11-23(31)12-8-21)29(37)17-15-27(35)25-5-3-4-6-26(25)28(36)16-18-30(38)34(2)20-22-9-13-24(32)14-10-22/h3-14H,19-20,31-32H2,1-2H3. The van der Waals surface area contributed by atoms with E-state index in [1.54, 1.807) is 74.8 Å². The number of carbonyl (C=O) groups is 4. The van der Waals surface area contributed by atoms with Crippen molar-refractivity contribution in [2.45, 2.75) is 13.1 Å². The third-order valence-electron chi connectivity index (χ3n) is 5.47. The summed E-state index contributed by atoms with van der Waals surface area (Å²) in [7, 11) is 3.12. The van der Waals surface area contributed by atoms with Gasteiger partial charge in [0.05, 0.1) is 0 Å². The third kappa shape index (κ3) is 7.58. The molecule has 8 heteroatoms. The first-order valence-electron chi connectivity index (χ1n) is 11.5. The molecule has 0 saturated heterocycles. The van der Waals surface area contributed by atoms with Gasteiger partial charge in [0.1, 0.15) is 0 Å². The van der Waals surface area contributed by atoms with Gasteiger partial charge in [0.2, 0.25) is 11.6 Å². The van der Waals surface area contributed by atoms with Gasteiger partial charge in [0, 0.05) is 61.5 Å². The summed E-state index contributed by atoms with van der Waals surface area (Å²) < 4.78 is 0. The lowest BCUT2D eigenvalue weighted by Crippen LogP contribution is -2.25. The van der Waals surface area contributed by atoms with E-state index in [9.17, 15) is 19.2 Å². The molecule has 0 fully saturated rings. The van der Waals surface area contributed by atoms with Crippen LogP contribution >= 0.6 is 0 Å². The van der Waals surface area contributed by atoms with Crippen molar-refractivity contribution in [1.82, 2.24) is 9.80 Å². The zero-order valence-electron chi connectivity index (χ0n) is 21.0. The molecular weight excluding hydrogens is 480 g/mol. The average Bonchev–Trinajstić information content (AvgIpc) is 2.92. The molecule has 4 N–H and O–H groups in total.